The predicted octanol–water partition coefficient (Wildman–Crippen LogP) is 4.39. The van der Waals surface area contributed by atoms with Crippen LogP contribution in [0.3, 0.4) is 0 Å². The molecule has 7 nitrogen and oxygen atoms in total. The van der Waals surface area contributed by atoms with Gasteiger partial charge in [0, 0.05) is 12.1 Å². The number of rotatable bonds is 11. The Balaban J connectivity index is 2.12. The first-order chi connectivity index (χ1) is 16.8. The zero-order valence-corrected chi connectivity index (χ0v) is 20.7. The van der Waals surface area contributed by atoms with Crippen LogP contribution in [0.2, 0.25) is 0 Å². The lowest BCUT2D eigenvalue weighted by Crippen LogP contribution is -2.32. The summed E-state index contributed by atoms with van der Waals surface area (Å²) in [5.74, 6) is -1.19. The van der Waals surface area contributed by atoms with Crippen molar-refractivity contribution in [2.45, 2.75) is 32.7 Å². The zero-order valence-electron chi connectivity index (χ0n) is 20.7. The lowest BCUT2D eigenvalue weighted by molar-refractivity contribution is -0.139. The number of aliphatic hydroxyl groups excluding tert-OH is 1. The van der Waals surface area contributed by atoms with Gasteiger partial charge in [0.25, 0.3) is 11.7 Å². The average Bonchev–Trinajstić information content (AvgIpc) is 3.08. The van der Waals surface area contributed by atoms with Crippen molar-refractivity contribution in [1.82, 2.24) is 9.80 Å². The van der Waals surface area contributed by atoms with Crippen LogP contribution in [0.1, 0.15) is 43.9 Å². The molecule has 0 radical (unpaired) electrons. The number of carbonyl (C=O) groups excluding carboxylic acids is 2. The first-order valence-electron chi connectivity index (χ1n) is 11.9. The molecule has 3 rings (SSSR count). The highest BCUT2D eigenvalue weighted by atomic mass is 19.1. The number of ketones is 1. The number of nitrogens with zero attached hydrogens (tertiary/aromatic N) is 2. The number of halogens is 1. The van der Waals surface area contributed by atoms with Gasteiger partial charge in [0.05, 0.1) is 24.8 Å². The number of likely N-dealkylation sites (tertiary alicyclic amines) is 1. The Bertz CT molecular complexity index is 1080. The number of hydrogen-bond donors (Lipinski definition) is 1. The fourth-order valence-corrected chi connectivity index (χ4v) is 4.07. The Hall–Kier alpha value is -3.39. The van der Waals surface area contributed by atoms with Gasteiger partial charge in [-0.2, -0.15) is 0 Å². The molecule has 0 unspecified atom stereocenters. The van der Waals surface area contributed by atoms with Gasteiger partial charge in [0.15, 0.2) is 11.5 Å². The van der Waals surface area contributed by atoms with E-state index in [1.54, 1.807) is 18.2 Å². The molecule has 1 atom stereocenters. The molecule has 0 spiro atoms. The smallest absolute Gasteiger partial charge is 0.295 e. The van der Waals surface area contributed by atoms with E-state index < -0.39 is 23.5 Å². The lowest BCUT2D eigenvalue weighted by Gasteiger charge is -2.26. The van der Waals surface area contributed by atoms with Gasteiger partial charge < -0.3 is 24.4 Å². The SMILES string of the molecule is CCCOc1ccc([C@H]2C(=C(O)c3ccc(F)cc3)C(=O)C(=O)N2CCCN(C)C)cc1OCC. The number of ether oxygens (including phenoxy) is 2. The van der Waals surface area contributed by atoms with E-state index in [2.05, 4.69) is 0 Å². The molecule has 188 valence electrons. The minimum Gasteiger partial charge on any atom is -0.507 e. The standard InChI is InChI=1S/C27H33FN2O5/c1-5-16-35-21-13-10-19(17-22(21)34-6-2)24-23(25(31)18-8-11-20(28)12-9-18)26(32)27(33)30(24)15-7-14-29(3)4/h8-13,17,24,31H,5-7,14-16H2,1-4H3/t24-/m0/s1. The molecule has 2 aromatic carbocycles. The normalized spacial score (nSPS) is 17.3. The lowest BCUT2D eigenvalue weighted by atomic mass is 9.95. The second kappa shape index (κ2) is 11.8. The van der Waals surface area contributed by atoms with Crippen LogP contribution >= 0.6 is 0 Å². The van der Waals surface area contributed by atoms with Gasteiger partial charge in [-0.15, -0.1) is 0 Å². The van der Waals surface area contributed by atoms with Gasteiger partial charge in [0.1, 0.15) is 11.6 Å². The van der Waals surface area contributed by atoms with Crippen molar-refractivity contribution >= 4 is 17.4 Å². The van der Waals surface area contributed by atoms with Gasteiger partial charge >= 0.3 is 0 Å². The minimum absolute atomic E-state index is 0.0314. The average molecular weight is 485 g/mol. The molecule has 1 amide bonds. The van der Waals surface area contributed by atoms with Crippen molar-refractivity contribution in [2.75, 3.05) is 40.4 Å². The predicted molar refractivity (Wildman–Crippen MR) is 132 cm³/mol. The highest BCUT2D eigenvalue weighted by molar-refractivity contribution is 6.46. The van der Waals surface area contributed by atoms with E-state index in [9.17, 15) is 19.1 Å². The summed E-state index contributed by atoms with van der Waals surface area (Å²) in [7, 11) is 3.87. The first-order valence-corrected chi connectivity index (χ1v) is 11.9. The van der Waals surface area contributed by atoms with Gasteiger partial charge in [-0.05, 0) is 82.4 Å². The maximum absolute atomic E-state index is 13.5. The Kier molecular flexibility index (Phi) is 8.87. The van der Waals surface area contributed by atoms with Crippen molar-refractivity contribution in [3.63, 3.8) is 0 Å². The summed E-state index contributed by atoms with van der Waals surface area (Å²) in [6.07, 6.45) is 1.47. The number of benzene rings is 2. The van der Waals surface area contributed by atoms with Crippen LogP contribution in [0.15, 0.2) is 48.0 Å². The van der Waals surface area contributed by atoms with Crippen LogP contribution in [0.25, 0.3) is 5.76 Å². The second-order valence-corrected chi connectivity index (χ2v) is 8.64. The molecule has 8 heteroatoms. The van der Waals surface area contributed by atoms with Crippen LogP contribution in [0, 0.1) is 5.82 Å². The third-order valence-electron chi connectivity index (χ3n) is 5.71. The molecule has 1 saturated heterocycles. The van der Waals surface area contributed by atoms with Gasteiger partial charge in [-0.3, -0.25) is 9.59 Å². The highest BCUT2D eigenvalue weighted by Crippen LogP contribution is 2.42. The minimum atomic E-state index is -0.818. The van der Waals surface area contributed by atoms with Crippen molar-refractivity contribution < 1.29 is 28.6 Å². The van der Waals surface area contributed by atoms with Crippen molar-refractivity contribution in [3.8, 4) is 11.5 Å². The van der Waals surface area contributed by atoms with Crippen molar-refractivity contribution in [1.29, 1.82) is 0 Å². The second-order valence-electron chi connectivity index (χ2n) is 8.64. The molecule has 1 N–H and O–H groups in total. The van der Waals surface area contributed by atoms with Crippen LogP contribution in [-0.2, 0) is 9.59 Å². The molecule has 35 heavy (non-hydrogen) atoms. The van der Waals surface area contributed by atoms with Gasteiger partial charge in [-0.1, -0.05) is 13.0 Å². The Morgan fingerprint density at radius 3 is 2.40 bits per heavy atom. The third-order valence-corrected chi connectivity index (χ3v) is 5.71. The molecule has 0 aliphatic carbocycles. The van der Waals surface area contributed by atoms with E-state index in [1.165, 1.54) is 29.2 Å². The van der Waals surface area contributed by atoms with E-state index in [0.717, 1.165) is 13.0 Å². The number of aliphatic hydroxyl groups is 1. The number of carbonyl (C=O) groups is 2. The molecular weight excluding hydrogens is 451 g/mol. The summed E-state index contributed by atoms with van der Waals surface area (Å²) in [5, 5.41) is 11.1. The highest BCUT2D eigenvalue weighted by Gasteiger charge is 2.46. The molecule has 1 aliphatic rings. The summed E-state index contributed by atoms with van der Waals surface area (Å²) >= 11 is 0. The third kappa shape index (κ3) is 6.00. The van der Waals surface area contributed by atoms with Crippen LogP contribution in [-0.4, -0.2) is 67.0 Å². The largest absolute Gasteiger partial charge is 0.507 e. The molecule has 0 aromatic heterocycles. The summed E-state index contributed by atoms with van der Waals surface area (Å²) in [4.78, 5) is 29.7. The maximum atomic E-state index is 13.5. The van der Waals surface area contributed by atoms with Crippen LogP contribution < -0.4 is 9.47 Å². The number of Topliss-reactive ketones (excluding diaryl/α,β-unsaturated/α-hetero) is 1. The first kappa shape index (κ1) is 26.2. The Morgan fingerprint density at radius 2 is 1.77 bits per heavy atom. The Labute approximate surface area is 205 Å². The summed E-state index contributed by atoms with van der Waals surface area (Å²) < 4.78 is 25.0. The van der Waals surface area contributed by atoms with E-state index in [4.69, 9.17) is 9.47 Å². The Morgan fingerprint density at radius 1 is 1.06 bits per heavy atom. The van der Waals surface area contributed by atoms with E-state index in [0.29, 0.717) is 43.2 Å². The fraction of sp³-hybridized carbons (Fsp3) is 0.407. The molecule has 1 fully saturated rings. The van der Waals surface area contributed by atoms with Crippen LogP contribution in [0.4, 0.5) is 4.39 Å². The van der Waals surface area contributed by atoms with E-state index in [-0.39, 0.29) is 16.9 Å². The monoisotopic (exact) mass is 484 g/mol. The number of amides is 1. The zero-order chi connectivity index (χ0) is 25.5. The quantitative estimate of drug-likeness (QED) is 0.290. The fourth-order valence-electron chi connectivity index (χ4n) is 4.07. The topological polar surface area (TPSA) is 79.3 Å². The summed E-state index contributed by atoms with van der Waals surface area (Å²) in [6, 6.07) is 9.63. The van der Waals surface area contributed by atoms with Crippen molar-refractivity contribution in [2.24, 2.45) is 0 Å². The van der Waals surface area contributed by atoms with E-state index >= 15 is 0 Å². The molecule has 2 aromatic rings. The van der Waals surface area contributed by atoms with Gasteiger partial charge in [0.2, 0.25) is 0 Å². The molecule has 1 heterocycles. The van der Waals surface area contributed by atoms with Crippen LogP contribution in [0.5, 0.6) is 11.5 Å². The van der Waals surface area contributed by atoms with E-state index in [1.807, 2.05) is 32.8 Å². The number of hydrogen-bond acceptors (Lipinski definition) is 6. The maximum Gasteiger partial charge on any atom is 0.295 e. The summed E-state index contributed by atoms with van der Waals surface area (Å²) in [5.41, 5.74) is 0.844. The molecule has 1 aliphatic heterocycles. The molecule has 0 bridgehead atoms. The van der Waals surface area contributed by atoms with Crippen molar-refractivity contribution in [3.05, 3.63) is 65.0 Å². The molecule has 0 saturated carbocycles. The molecular formula is C27H33FN2O5. The summed E-state index contributed by atoms with van der Waals surface area (Å²) in [6.45, 7) is 5.84. The van der Waals surface area contributed by atoms with Gasteiger partial charge in [-0.25, -0.2) is 4.39 Å².